The Bertz CT molecular complexity index is 786. The lowest BCUT2D eigenvalue weighted by molar-refractivity contribution is -0.138. The fourth-order valence-electron chi connectivity index (χ4n) is 4.72. The molecule has 0 saturated carbocycles. The molecular weight excluding hydrogens is 414 g/mol. The van der Waals surface area contributed by atoms with Gasteiger partial charge < -0.3 is 20.9 Å². The van der Waals surface area contributed by atoms with Gasteiger partial charge in [-0.15, -0.1) is 0 Å². The van der Waals surface area contributed by atoms with Crippen molar-refractivity contribution in [2.45, 2.75) is 51.6 Å². The predicted molar refractivity (Wildman–Crippen MR) is 125 cm³/mol. The van der Waals surface area contributed by atoms with Crippen molar-refractivity contribution in [3.63, 3.8) is 0 Å². The van der Waals surface area contributed by atoms with Crippen molar-refractivity contribution in [2.24, 2.45) is 0 Å². The van der Waals surface area contributed by atoms with E-state index in [4.69, 9.17) is 17.3 Å². The van der Waals surface area contributed by atoms with Crippen LogP contribution >= 0.6 is 11.6 Å². The minimum atomic E-state index is -0.600. The summed E-state index contributed by atoms with van der Waals surface area (Å²) in [5.41, 5.74) is 8.50. The van der Waals surface area contributed by atoms with Gasteiger partial charge in [-0.25, -0.2) is 0 Å². The van der Waals surface area contributed by atoms with Gasteiger partial charge in [-0.3, -0.25) is 14.5 Å². The summed E-state index contributed by atoms with van der Waals surface area (Å²) in [6.45, 7) is 8.92. The van der Waals surface area contributed by atoms with Crippen molar-refractivity contribution in [2.75, 3.05) is 52.0 Å². The number of likely N-dealkylation sites (tertiary alicyclic amines) is 1. The summed E-state index contributed by atoms with van der Waals surface area (Å²) in [5, 5.41) is 3.35. The SMILES string of the molecule is CCc1cc(C[C@@H](NC(C)=O)C(=O)N2CCN(C3CCN(C)CC3)CC2)cc(Cl)c1N. The van der Waals surface area contributed by atoms with Gasteiger partial charge in [0.25, 0.3) is 0 Å². The first-order valence-electron chi connectivity index (χ1n) is 11.3. The fourth-order valence-corrected chi connectivity index (χ4v) is 4.98. The van der Waals surface area contributed by atoms with Crippen LogP contribution in [0.3, 0.4) is 0 Å². The van der Waals surface area contributed by atoms with Crippen LogP contribution in [-0.2, 0) is 22.4 Å². The molecule has 2 saturated heterocycles. The molecule has 3 N–H and O–H groups in total. The van der Waals surface area contributed by atoms with Gasteiger partial charge in [0.1, 0.15) is 6.04 Å². The molecule has 0 radical (unpaired) electrons. The van der Waals surface area contributed by atoms with Gasteiger partial charge in [-0.2, -0.15) is 0 Å². The molecule has 0 aliphatic carbocycles. The molecule has 1 aromatic carbocycles. The van der Waals surface area contributed by atoms with Crippen LogP contribution in [0.1, 0.15) is 37.8 Å². The third-order valence-electron chi connectivity index (χ3n) is 6.60. The number of hydrogen-bond acceptors (Lipinski definition) is 5. The van der Waals surface area contributed by atoms with Crippen molar-refractivity contribution < 1.29 is 9.59 Å². The second-order valence-corrected chi connectivity index (χ2v) is 9.26. The lowest BCUT2D eigenvalue weighted by atomic mass is 9.99. The summed E-state index contributed by atoms with van der Waals surface area (Å²) in [6.07, 6.45) is 3.55. The molecule has 1 atom stereocenters. The highest BCUT2D eigenvalue weighted by molar-refractivity contribution is 6.33. The van der Waals surface area contributed by atoms with Gasteiger partial charge in [0.05, 0.1) is 10.7 Å². The molecule has 2 heterocycles. The monoisotopic (exact) mass is 449 g/mol. The van der Waals surface area contributed by atoms with E-state index in [-0.39, 0.29) is 11.8 Å². The number of halogens is 1. The largest absolute Gasteiger partial charge is 0.397 e. The Balaban J connectivity index is 1.64. The van der Waals surface area contributed by atoms with E-state index < -0.39 is 6.04 Å². The normalized spacial score (nSPS) is 19.9. The number of carbonyl (C=O) groups excluding carboxylic acids is 2. The zero-order chi connectivity index (χ0) is 22.5. The molecule has 2 fully saturated rings. The lowest BCUT2D eigenvalue weighted by Gasteiger charge is -2.42. The van der Waals surface area contributed by atoms with Crippen molar-refractivity contribution in [3.05, 3.63) is 28.3 Å². The first kappa shape index (κ1) is 23.8. The van der Waals surface area contributed by atoms with Crippen molar-refractivity contribution in [3.8, 4) is 0 Å². The number of rotatable bonds is 6. The molecule has 3 rings (SSSR count). The highest BCUT2D eigenvalue weighted by atomic mass is 35.5. The number of aryl methyl sites for hydroxylation is 1. The minimum absolute atomic E-state index is 0.0239. The van der Waals surface area contributed by atoms with Crippen LogP contribution in [0.25, 0.3) is 0 Å². The highest BCUT2D eigenvalue weighted by Gasteiger charge is 2.31. The third-order valence-corrected chi connectivity index (χ3v) is 6.91. The maximum atomic E-state index is 13.3. The number of piperazine rings is 1. The van der Waals surface area contributed by atoms with Gasteiger partial charge >= 0.3 is 0 Å². The Hall–Kier alpha value is -1.83. The van der Waals surface area contributed by atoms with E-state index in [0.717, 1.165) is 43.7 Å². The number of carbonyl (C=O) groups is 2. The molecule has 0 bridgehead atoms. The van der Waals surface area contributed by atoms with Crippen LogP contribution in [0.15, 0.2) is 12.1 Å². The van der Waals surface area contributed by atoms with E-state index in [1.165, 1.54) is 19.8 Å². The molecule has 7 nitrogen and oxygen atoms in total. The van der Waals surface area contributed by atoms with Crippen molar-refractivity contribution in [1.29, 1.82) is 0 Å². The Morgan fingerprint density at radius 1 is 1.16 bits per heavy atom. The second kappa shape index (κ2) is 10.7. The molecule has 8 heteroatoms. The van der Waals surface area contributed by atoms with Crippen LogP contribution < -0.4 is 11.1 Å². The maximum Gasteiger partial charge on any atom is 0.245 e. The van der Waals surface area contributed by atoms with Crippen LogP contribution in [0.5, 0.6) is 0 Å². The first-order valence-corrected chi connectivity index (χ1v) is 11.7. The van der Waals surface area contributed by atoms with Crippen molar-refractivity contribution >= 4 is 29.1 Å². The van der Waals surface area contributed by atoms with E-state index in [2.05, 4.69) is 22.2 Å². The summed E-state index contributed by atoms with van der Waals surface area (Å²) in [7, 11) is 2.17. The van der Waals surface area contributed by atoms with E-state index in [1.807, 2.05) is 17.9 Å². The number of benzene rings is 1. The number of hydrogen-bond donors (Lipinski definition) is 2. The van der Waals surface area contributed by atoms with E-state index >= 15 is 0 Å². The summed E-state index contributed by atoms with van der Waals surface area (Å²) >= 11 is 6.30. The van der Waals surface area contributed by atoms with E-state index in [1.54, 1.807) is 6.07 Å². The maximum absolute atomic E-state index is 13.3. The van der Waals surface area contributed by atoms with Gasteiger partial charge in [-0.05, 0) is 56.6 Å². The van der Waals surface area contributed by atoms with Gasteiger partial charge in [-0.1, -0.05) is 24.6 Å². The second-order valence-electron chi connectivity index (χ2n) is 8.86. The lowest BCUT2D eigenvalue weighted by Crippen LogP contribution is -2.57. The van der Waals surface area contributed by atoms with E-state index in [0.29, 0.717) is 36.3 Å². The summed E-state index contributed by atoms with van der Waals surface area (Å²) < 4.78 is 0. The number of amides is 2. The van der Waals surface area contributed by atoms with Crippen molar-refractivity contribution in [1.82, 2.24) is 20.0 Å². The molecule has 2 amide bonds. The third kappa shape index (κ3) is 6.11. The average molecular weight is 450 g/mol. The quantitative estimate of drug-likeness (QED) is 0.647. The summed E-state index contributed by atoms with van der Waals surface area (Å²) in [5.74, 6) is -0.232. The zero-order valence-corrected chi connectivity index (χ0v) is 19.7. The Labute approximate surface area is 190 Å². The molecule has 2 aliphatic rings. The molecule has 2 aliphatic heterocycles. The van der Waals surface area contributed by atoms with Gasteiger partial charge in [0, 0.05) is 45.6 Å². The number of piperidine rings is 1. The molecule has 0 spiro atoms. The van der Waals surface area contributed by atoms with Gasteiger partial charge in [0.15, 0.2) is 0 Å². The van der Waals surface area contributed by atoms with Crippen LogP contribution in [0, 0.1) is 0 Å². The van der Waals surface area contributed by atoms with Crippen LogP contribution in [-0.4, -0.2) is 84.9 Å². The molecule has 31 heavy (non-hydrogen) atoms. The minimum Gasteiger partial charge on any atom is -0.397 e. The number of nitrogens with zero attached hydrogens (tertiary/aromatic N) is 3. The Morgan fingerprint density at radius 3 is 2.39 bits per heavy atom. The number of nitrogen functional groups attached to an aromatic ring is 1. The summed E-state index contributed by atoms with van der Waals surface area (Å²) in [6, 6.07) is 3.80. The zero-order valence-electron chi connectivity index (χ0n) is 19.0. The molecule has 172 valence electrons. The molecule has 0 unspecified atom stereocenters. The standard InChI is InChI=1S/C23H36ClN5O2/c1-4-18-13-17(14-20(24)22(18)25)15-21(26-16(2)30)23(31)29-11-9-28(10-12-29)19-5-7-27(3)8-6-19/h13-14,19,21H,4-12,15,25H2,1-3H3,(H,26,30)/t21-/m1/s1. The Morgan fingerprint density at radius 2 is 1.81 bits per heavy atom. The summed E-state index contributed by atoms with van der Waals surface area (Å²) in [4.78, 5) is 31.9. The Kier molecular flexibility index (Phi) is 8.19. The predicted octanol–water partition coefficient (Wildman–Crippen LogP) is 1.77. The van der Waals surface area contributed by atoms with Gasteiger partial charge in [0.2, 0.25) is 11.8 Å². The topological polar surface area (TPSA) is 81.9 Å². The number of nitrogens with one attached hydrogen (secondary N) is 1. The molecular formula is C23H36ClN5O2. The number of nitrogens with two attached hydrogens (primary N) is 1. The first-order chi connectivity index (χ1) is 14.8. The molecule has 0 aromatic heterocycles. The smallest absolute Gasteiger partial charge is 0.245 e. The highest BCUT2D eigenvalue weighted by Crippen LogP contribution is 2.26. The van der Waals surface area contributed by atoms with Crippen LogP contribution in [0.4, 0.5) is 5.69 Å². The van der Waals surface area contributed by atoms with E-state index in [9.17, 15) is 9.59 Å². The molecule has 1 aromatic rings. The fraction of sp³-hybridized carbons (Fsp3) is 0.652. The number of anilines is 1. The average Bonchev–Trinajstić information content (AvgIpc) is 2.75. The van der Waals surface area contributed by atoms with Crippen LogP contribution in [0.2, 0.25) is 5.02 Å².